The van der Waals surface area contributed by atoms with Crippen molar-refractivity contribution in [1.29, 1.82) is 0 Å². The molecule has 5 rings (SSSR count). The summed E-state index contributed by atoms with van der Waals surface area (Å²) >= 11 is 0. The first kappa shape index (κ1) is 23.2. The topological polar surface area (TPSA) is 88.4 Å². The molecule has 0 saturated carbocycles. The normalized spacial score (nSPS) is 15.3. The number of hydrogen-bond donors (Lipinski definition) is 0. The standard InChI is InChI=1S/C26H27N5O3S/c1-20-7-13-23(14-8-20)35(33,34)30-16-4-15-29(17-18-30)26(32)22-11-9-21(10-12-22)19-31-25-6-3-2-5-24(25)27-28-31/h2-3,5-14H,4,15-19H2,1H3. The number of aryl methyl sites for hydroxylation is 1. The van der Waals surface area contributed by atoms with Crippen LogP contribution in [0, 0.1) is 6.92 Å². The van der Waals surface area contributed by atoms with Crippen LogP contribution >= 0.6 is 0 Å². The molecule has 2 heterocycles. The van der Waals surface area contributed by atoms with E-state index < -0.39 is 10.0 Å². The van der Waals surface area contributed by atoms with Crippen LogP contribution in [-0.2, 0) is 16.6 Å². The van der Waals surface area contributed by atoms with Gasteiger partial charge in [-0.05, 0) is 55.3 Å². The van der Waals surface area contributed by atoms with Crippen molar-refractivity contribution < 1.29 is 13.2 Å². The van der Waals surface area contributed by atoms with Gasteiger partial charge in [-0.3, -0.25) is 4.79 Å². The van der Waals surface area contributed by atoms with Crippen LogP contribution in [-0.4, -0.2) is 64.7 Å². The number of sulfonamides is 1. The molecular formula is C26H27N5O3S. The lowest BCUT2D eigenvalue weighted by Gasteiger charge is -2.22. The van der Waals surface area contributed by atoms with E-state index in [1.165, 1.54) is 4.31 Å². The quantitative estimate of drug-likeness (QED) is 0.429. The summed E-state index contributed by atoms with van der Waals surface area (Å²) in [5.41, 5.74) is 4.42. The van der Waals surface area contributed by atoms with E-state index in [0.29, 0.717) is 43.1 Å². The summed E-state index contributed by atoms with van der Waals surface area (Å²) in [6.45, 7) is 4.03. The van der Waals surface area contributed by atoms with Gasteiger partial charge in [-0.2, -0.15) is 4.31 Å². The Morgan fingerprint density at radius 3 is 2.40 bits per heavy atom. The highest BCUT2D eigenvalue weighted by Crippen LogP contribution is 2.20. The van der Waals surface area contributed by atoms with Crippen molar-refractivity contribution in [3.63, 3.8) is 0 Å². The van der Waals surface area contributed by atoms with Crippen LogP contribution in [0.25, 0.3) is 11.0 Å². The molecule has 0 aliphatic carbocycles. The molecule has 1 aliphatic heterocycles. The third-order valence-electron chi connectivity index (χ3n) is 6.35. The van der Waals surface area contributed by atoms with E-state index in [1.807, 2.05) is 60.1 Å². The summed E-state index contributed by atoms with van der Waals surface area (Å²) in [4.78, 5) is 15.2. The average molecular weight is 490 g/mol. The maximum Gasteiger partial charge on any atom is 0.253 e. The molecule has 3 aromatic carbocycles. The predicted molar refractivity (Wildman–Crippen MR) is 134 cm³/mol. The van der Waals surface area contributed by atoms with Gasteiger partial charge in [0, 0.05) is 31.7 Å². The smallest absolute Gasteiger partial charge is 0.253 e. The van der Waals surface area contributed by atoms with E-state index in [9.17, 15) is 13.2 Å². The van der Waals surface area contributed by atoms with Gasteiger partial charge in [-0.1, -0.05) is 47.2 Å². The SMILES string of the molecule is Cc1ccc(S(=O)(=O)N2CCCN(C(=O)c3ccc(Cn4nnc5ccccc54)cc3)CC2)cc1. The minimum absolute atomic E-state index is 0.0858. The minimum Gasteiger partial charge on any atom is -0.337 e. The van der Waals surface area contributed by atoms with Crippen LogP contribution in [0.4, 0.5) is 0 Å². The number of benzene rings is 3. The van der Waals surface area contributed by atoms with Crippen LogP contribution in [0.2, 0.25) is 0 Å². The molecule has 1 aliphatic rings. The summed E-state index contributed by atoms with van der Waals surface area (Å²) < 4.78 is 29.4. The number of aromatic nitrogens is 3. The lowest BCUT2D eigenvalue weighted by atomic mass is 10.1. The second-order valence-corrected chi connectivity index (χ2v) is 10.7. The van der Waals surface area contributed by atoms with Gasteiger partial charge in [0.25, 0.3) is 5.91 Å². The molecule has 1 saturated heterocycles. The molecule has 0 unspecified atom stereocenters. The first-order chi connectivity index (χ1) is 16.9. The fraction of sp³-hybridized carbons (Fsp3) is 0.269. The lowest BCUT2D eigenvalue weighted by Crippen LogP contribution is -2.37. The molecule has 1 fully saturated rings. The van der Waals surface area contributed by atoms with Gasteiger partial charge in [0.1, 0.15) is 5.52 Å². The second-order valence-electron chi connectivity index (χ2n) is 8.80. The third kappa shape index (κ3) is 4.82. The first-order valence-corrected chi connectivity index (χ1v) is 13.1. The van der Waals surface area contributed by atoms with Gasteiger partial charge in [-0.15, -0.1) is 5.10 Å². The Balaban J connectivity index is 1.24. The molecule has 35 heavy (non-hydrogen) atoms. The Kier molecular flexibility index (Phi) is 6.36. The van der Waals surface area contributed by atoms with Crippen molar-refractivity contribution >= 4 is 27.0 Å². The maximum absolute atomic E-state index is 13.1. The van der Waals surface area contributed by atoms with Crippen LogP contribution in [0.15, 0.2) is 77.7 Å². The van der Waals surface area contributed by atoms with Crippen molar-refractivity contribution in [1.82, 2.24) is 24.2 Å². The second kappa shape index (κ2) is 9.59. The summed E-state index contributed by atoms with van der Waals surface area (Å²) in [7, 11) is -3.58. The first-order valence-electron chi connectivity index (χ1n) is 11.6. The Hall–Kier alpha value is -3.56. The highest BCUT2D eigenvalue weighted by Gasteiger charge is 2.28. The number of carbonyl (C=O) groups excluding carboxylic acids is 1. The van der Waals surface area contributed by atoms with E-state index in [1.54, 1.807) is 29.2 Å². The van der Waals surface area contributed by atoms with Crippen molar-refractivity contribution in [2.45, 2.75) is 24.8 Å². The molecule has 4 aromatic rings. The Bertz CT molecular complexity index is 1450. The Morgan fingerprint density at radius 2 is 1.63 bits per heavy atom. The van der Waals surface area contributed by atoms with Gasteiger partial charge in [0.2, 0.25) is 10.0 Å². The predicted octanol–water partition coefficient (Wildman–Crippen LogP) is 3.32. The lowest BCUT2D eigenvalue weighted by molar-refractivity contribution is 0.0764. The summed E-state index contributed by atoms with van der Waals surface area (Å²) in [6, 6.07) is 22.2. The number of hydrogen-bond acceptors (Lipinski definition) is 5. The van der Waals surface area contributed by atoms with Crippen LogP contribution in [0.5, 0.6) is 0 Å². The molecule has 0 spiro atoms. The summed E-state index contributed by atoms with van der Waals surface area (Å²) in [5.74, 6) is -0.0858. The molecule has 0 N–H and O–H groups in total. The number of para-hydroxylation sites is 1. The number of fused-ring (bicyclic) bond motifs is 1. The monoisotopic (exact) mass is 489 g/mol. The van der Waals surface area contributed by atoms with Gasteiger partial charge in [0.15, 0.2) is 0 Å². The van der Waals surface area contributed by atoms with Gasteiger partial charge in [-0.25, -0.2) is 13.1 Å². The molecule has 1 amide bonds. The molecule has 0 atom stereocenters. The zero-order valence-corrected chi connectivity index (χ0v) is 20.4. The number of rotatable bonds is 5. The molecular weight excluding hydrogens is 462 g/mol. The largest absolute Gasteiger partial charge is 0.337 e. The molecule has 0 radical (unpaired) electrons. The molecule has 1 aromatic heterocycles. The molecule has 180 valence electrons. The van der Waals surface area contributed by atoms with Crippen LogP contribution in [0.1, 0.15) is 27.9 Å². The van der Waals surface area contributed by atoms with E-state index in [0.717, 1.165) is 22.2 Å². The van der Waals surface area contributed by atoms with Crippen molar-refractivity contribution in [2.75, 3.05) is 26.2 Å². The average Bonchev–Trinajstić information content (AvgIpc) is 3.10. The van der Waals surface area contributed by atoms with Gasteiger partial charge < -0.3 is 4.90 Å². The van der Waals surface area contributed by atoms with Crippen molar-refractivity contribution in [3.8, 4) is 0 Å². The summed E-state index contributed by atoms with van der Waals surface area (Å²) in [6.07, 6.45) is 0.592. The third-order valence-corrected chi connectivity index (χ3v) is 8.27. The fourth-order valence-corrected chi connectivity index (χ4v) is 5.81. The number of carbonyl (C=O) groups is 1. The minimum atomic E-state index is -3.58. The van der Waals surface area contributed by atoms with Crippen LogP contribution in [0.3, 0.4) is 0 Å². The Morgan fingerprint density at radius 1 is 0.886 bits per heavy atom. The zero-order chi connectivity index (χ0) is 24.4. The van der Waals surface area contributed by atoms with E-state index in [4.69, 9.17) is 0 Å². The molecule has 8 nitrogen and oxygen atoms in total. The van der Waals surface area contributed by atoms with E-state index in [2.05, 4.69) is 10.3 Å². The van der Waals surface area contributed by atoms with Crippen molar-refractivity contribution in [3.05, 3.63) is 89.5 Å². The highest BCUT2D eigenvalue weighted by atomic mass is 32.2. The molecule has 9 heteroatoms. The fourth-order valence-electron chi connectivity index (χ4n) is 4.34. The molecule has 0 bridgehead atoms. The van der Waals surface area contributed by atoms with E-state index in [-0.39, 0.29) is 12.5 Å². The summed E-state index contributed by atoms with van der Waals surface area (Å²) in [5, 5.41) is 8.41. The van der Waals surface area contributed by atoms with Crippen LogP contribution < -0.4 is 0 Å². The Labute approximate surface area is 204 Å². The highest BCUT2D eigenvalue weighted by molar-refractivity contribution is 7.89. The number of nitrogens with zero attached hydrogens (tertiary/aromatic N) is 5. The zero-order valence-electron chi connectivity index (χ0n) is 19.5. The van der Waals surface area contributed by atoms with Gasteiger partial charge >= 0.3 is 0 Å². The van der Waals surface area contributed by atoms with Gasteiger partial charge in [0.05, 0.1) is 17.0 Å². The maximum atomic E-state index is 13.1. The van der Waals surface area contributed by atoms with E-state index >= 15 is 0 Å². The van der Waals surface area contributed by atoms with Crippen molar-refractivity contribution in [2.24, 2.45) is 0 Å². The number of amides is 1.